The molecule has 0 unspecified atom stereocenters. The molecule has 0 saturated carbocycles. The highest BCUT2D eigenvalue weighted by atomic mass is 35.5. The van der Waals surface area contributed by atoms with Gasteiger partial charge < -0.3 is 5.73 Å². The SMILES string of the molecule is N#Cc1c(-c2cccc(Cl)c2)cc(-c2ccccc2)nc1N. The molecule has 106 valence electrons. The van der Waals surface area contributed by atoms with Crippen molar-refractivity contribution in [3.05, 3.63) is 71.2 Å². The monoisotopic (exact) mass is 305 g/mol. The lowest BCUT2D eigenvalue weighted by atomic mass is 9.98. The maximum Gasteiger partial charge on any atom is 0.142 e. The van der Waals surface area contributed by atoms with E-state index in [0.29, 0.717) is 10.6 Å². The summed E-state index contributed by atoms with van der Waals surface area (Å²) in [6.45, 7) is 0. The van der Waals surface area contributed by atoms with Gasteiger partial charge in [-0.25, -0.2) is 4.98 Å². The highest BCUT2D eigenvalue weighted by Gasteiger charge is 2.13. The third-order valence-electron chi connectivity index (χ3n) is 3.36. The lowest BCUT2D eigenvalue weighted by Crippen LogP contribution is -1.99. The molecule has 0 radical (unpaired) electrons. The van der Waals surface area contributed by atoms with Crippen LogP contribution in [0.5, 0.6) is 0 Å². The van der Waals surface area contributed by atoms with E-state index in [4.69, 9.17) is 17.3 Å². The van der Waals surface area contributed by atoms with E-state index in [1.54, 1.807) is 6.07 Å². The highest BCUT2D eigenvalue weighted by molar-refractivity contribution is 6.30. The van der Waals surface area contributed by atoms with Crippen molar-refractivity contribution in [1.29, 1.82) is 5.26 Å². The summed E-state index contributed by atoms with van der Waals surface area (Å²) in [5.41, 5.74) is 9.59. The number of nitrogens with zero attached hydrogens (tertiary/aromatic N) is 2. The fraction of sp³-hybridized carbons (Fsp3) is 0. The van der Waals surface area contributed by atoms with Gasteiger partial charge in [-0.15, -0.1) is 0 Å². The molecule has 0 bridgehead atoms. The van der Waals surface area contributed by atoms with Crippen LogP contribution >= 0.6 is 11.6 Å². The van der Waals surface area contributed by atoms with Crippen LogP contribution in [-0.2, 0) is 0 Å². The van der Waals surface area contributed by atoms with E-state index < -0.39 is 0 Å². The van der Waals surface area contributed by atoms with Crippen LogP contribution in [0.15, 0.2) is 60.7 Å². The molecule has 3 rings (SSSR count). The maximum absolute atomic E-state index is 9.39. The number of hydrogen-bond acceptors (Lipinski definition) is 3. The summed E-state index contributed by atoms with van der Waals surface area (Å²) in [7, 11) is 0. The Morgan fingerprint density at radius 1 is 0.955 bits per heavy atom. The first-order chi connectivity index (χ1) is 10.7. The summed E-state index contributed by atoms with van der Waals surface area (Å²) in [5.74, 6) is 0.221. The van der Waals surface area contributed by atoms with Crippen molar-refractivity contribution in [2.45, 2.75) is 0 Å². The summed E-state index contributed by atoms with van der Waals surface area (Å²) < 4.78 is 0. The van der Waals surface area contributed by atoms with Crippen LogP contribution in [0.1, 0.15) is 5.56 Å². The van der Waals surface area contributed by atoms with Crippen LogP contribution in [0.25, 0.3) is 22.4 Å². The fourth-order valence-electron chi connectivity index (χ4n) is 2.32. The molecule has 0 amide bonds. The van der Waals surface area contributed by atoms with Gasteiger partial charge in [-0.1, -0.05) is 54.1 Å². The number of anilines is 1. The zero-order valence-corrected chi connectivity index (χ0v) is 12.4. The number of hydrogen-bond donors (Lipinski definition) is 1. The predicted octanol–water partition coefficient (Wildman–Crippen LogP) is 4.52. The van der Waals surface area contributed by atoms with E-state index in [1.165, 1.54) is 0 Å². The van der Waals surface area contributed by atoms with Gasteiger partial charge in [0.2, 0.25) is 0 Å². The van der Waals surface area contributed by atoms with E-state index in [9.17, 15) is 5.26 Å². The van der Waals surface area contributed by atoms with Crippen LogP contribution in [0.3, 0.4) is 0 Å². The molecule has 2 aromatic carbocycles. The van der Waals surface area contributed by atoms with Gasteiger partial charge in [-0.3, -0.25) is 0 Å². The predicted molar refractivity (Wildman–Crippen MR) is 89.2 cm³/mol. The lowest BCUT2D eigenvalue weighted by molar-refractivity contribution is 1.31. The lowest BCUT2D eigenvalue weighted by Gasteiger charge is -2.10. The number of rotatable bonds is 2. The van der Waals surface area contributed by atoms with Crippen molar-refractivity contribution in [3.8, 4) is 28.5 Å². The van der Waals surface area contributed by atoms with Crippen LogP contribution in [0.2, 0.25) is 5.02 Å². The van der Waals surface area contributed by atoms with Crippen LogP contribution < -0.4 is 5.73 Å². The molecule has 0 spiro atoms. The molecule has 22 heavy (non-hydrogen) atoms. The summed E-state index contributed by atoms with van der Waals surface area (Å²) in [6, 6.07) is 21.1. The summed E-state index contributed by atoms with van der Waals surface area (Å²) >= 11 is 6.06. The van der Waals surface area contributed by atoms with Gasteiger partial charge in [0.05, 0.1) is 5.69 Å². The summed E-state index contributed by atoms with van der Waals surface area (Å²) in [4.78, 5) is 4.35. The molecule has 0 fully saturated rings. The number of nitrogen functional groups attached to an aromatic ring is 1. The van der Waals surface area contributed by atoms with Crippen molar-refractivity contribution >= 4 is 17.4 Å². The van der Waals surface area contributed by atoms with E-state index in [2.05, 4.69) is 11.1 Å². The Hall–Kier alpha value is -2.83. The second kappa shape index (κ2) is 5.88. The van der Waals surface area contributed by atoms with Gasteiger partial charge in [0.25, 0.3) is 0 Å². The zero-order chi connectivity index (χ0) is 15.5. The van der Waals surface area contributed by atoms with Gasteiger partial charge >= 0.3 is 0 Å². The minimum absolute atomic E-state index is 0.221. The third kappa shape index (κ3) is 2.65. The summed E-state index contributed by atoms with van der Waals surface area (Å²) in [6.07, 6.45) is 0. The van der Waals surface area contributed by atoms with Gasteiger partial charge in [-0.2, -0.15) is 5.26 Å². The molecule has 4 heteroatoms. The molecular formula is C18H12ClN3. The Morgan fingerprint density at radius 2 is 1.68 bits per heavy atom. The van der Waals surface area contributed by atoms with Crippen LogP contribution in [0.4, 0.5) is 5.82 Å². The molecule has 0 aliphatic rings. The first kappa shape index (κ1) is 14.1. The Morgan fingerprint density at radius 3 is 2.36 bits per heavy atom. The third-order valence-corrected chi connectivity index (χ3v) is 3.60. The molecule has 1 aromatic heterocycles. The van der Waals surface area contributed by atoms with E-state index in [1.807, 2.05) is 54.6 Å². The van der Waals surface area contributed by atoms with Crippen molar-refractivity contribution in [3.63, 3.8) is 0 Å². The highest BCUT2D eigenvalue weighted by Crippen LogP contribution is 2.32. The van der Waals surface area contributed by atoms with E-state index >= 15 is 0 Å². The first-order valence-corrected chi connectivity index (χ1v) is 7.09. The molecular weight excluding hydrogens is 294 g/mol. The smallest absolute Gasteiger partial charge is 0.142 e. The van der Waals surface area contributed by atoms with Crippen molar-refractivity contribution in [2.24, 2.45) is 0 Å². The van der Waals surface area contributed by atoms with Crippen LogP contribution in [0, 0.1) is 11.3 Å². The minimum Gasteiger partial charge on any atom is -0.383 e. The minimum atomic E-state index is 0.221. The van der Waals surface area contributed by atoms with Gasteiger partial charge in [0, 0.05) is 16.1 Å². The molecule has 1 heterocycles. The molecule has 0 atom stereocenters. The van der Waals surface area contributed by atoms with Gasteiger partial charge in [0.1, 0.15) is 17.5 Å². The maximum atomic E-state index is 9.39. The standard InChI is InChI=1S/C18H12ClN3/c19-14-8-4-7-13(9-14)15-10-17(12-5-2-1-3-6-12)22-18(21)16(15)11-20/h1-10H,(H2,21,22). The topological polar surface area (TPSA) is 62.7 Å². The van der Waals surface area contributed by atoms with Crippen molar-refractivity contribution < 1.29 is 0 Å². The van der Waals surface area contributed by atoms with Crippen molar-refractivity contribution in [2.75, 3.05) is 5.73 Å². The van der Waals surface area contributed by atoms with Gasteiger partial charge in [-0.05, 0) is 23.8 Å². The second-order valence-electron chi connectivity index (χ2n) is 4.80. The average Bonchev–Trinajstić information content (AvgIpc) is 2.55. The number of halogens is 1. The van der Waals surface area contributed by atoms with Crippen molar-refractivity contribution in [1.82, 2.24) is 4.98 Å². The Kier molecular flexibility index (Phi) is 3.78. The van der Waals surface area contributed by atoms with Crippen LogP contribution in [-0.4, -0.2) is 4.98 Å². The molecule has 3 aromatic rings. The largest absolute Gasteiger partial charge is 0.383 e. The molecule has 0 aliphatic carbocycles. The molecule has 0 saturated heterocycles. The fourth-order valence-corrected chi connectivity index (χ4v) is 2.51. The van der Waals surface area contributed by atoms with E-state index in [0.717, 1.165) is 22.4 Å². The molecule has 0 aliphatic heterocycles. The first-order valence-electron chi connectivity index (χ1n) is 6.71. The Labute approximate surface area is 133 Å². The number of nitrogens with two attached hydrogens (primary N) is 1. The number of benzene rings is 2. The Balaban J connectivity index is 2.25. The normalized spacial score (nSPS) is 10.2. The summed E-state index contributed by atoms with van der Waals surface area (Å²) in [5, 5.41) is 10.00. The second-order valence-corrected chi connectivity index (χ2v) is 5.24. The molecule has 2 N–H and O–H groups in total. The zero-order valence-electron chi connectivity index (χ0n) is 11.6. The quantitative estimate of drug-likeness (QED) is 0.757. The number of aromatic nitrogens is 1. The molecule has 3 nitrogen and oxygen atoms in total. The number of pyridine rings is 1. The van der Waals surface area contributed by atoms with E-state index in [-0.39, 0.29) is 5.82 Å². The number of nitriles is 1. The Bertz CT molecular complexity index is 867. The average molecular weight is 306 g/mol. The van der Waals surface area contributed by atoms with Gasteiger partial charge in [0.15, 0.2) is 0 Å².